The summed E-state index contributed by atoms with van der Waals surface area (Å²) in [7, 11) is 0. The normalized spacial score (nSPS) is 10.6. The first-order valence-electron chi connectivity index (χ1n) is 8.86. The van der Waals surface area contributed by atoms with Gasteiger partial charge in [-0.2, -0.15) is 0 Å². The number of hydrogen-bond acceptors (Lipinski definition) is 3. The summed E-state index contributed by atoms with van der Waals surface area (Å²) in [5.74, 6) is -2.10. The van der Waals surface area contributed by atoms with Crippen molar-refractivity contribution in [3.05, 3.63) is 63.7 Å². The van der Waals surface area contributed by atoms with Gasteiger partial charge >= 0.3 is 11.8 Å². The Labute approximate surface area is 180 Å². The van der Waals surface area contributed by atoms with Gasteiger partial charge in [-0.05, 0) is 55.0 Å². The molecule has 0 atom stereocenters. The molecule has 3 rings (SSSR count). The Bertz CT molecular complexity index is 1080. The molecule has 0 fully saturated rings. The molecule has 3 amide bonds. The average Bonchev–Trinajstić information content (AvgIpc) is 3.05. The van der Waals surface area contributed by atoms with Gasteiger partial charge in [0.15, 0.2) is 0 Å². The van der Waals surface area contributed by atoms with Crippen LogP contribution in [0.2, 0.25) is 5.02 Å². The van der Waals surface area contributed by atoms with Crippen LogP contribution >= 0.6 is 27.5 Å². The first-order valence-corrected chi connectivity index (χ1v) is 10.0. The van der Waals surface area contributed by atoms with E-state index in [0.717, 1.165) is 4.47 Å². The van der Waals surface area contributed by atoms with E-state index >= 15 is 0 Å². The van der Waals surface area contributed by atoms with Gasteiger partial charge < -0.3 is 10.6 Å². The lowest BCUT2D eigenvalue weighted by atomic mass is 10.2. The molecule has 0 unspecified atom stereocenters. The second-order valence-electron chi connectivity index (χ2n) is 6.23. The minimum atomic E-state index is -0.872. The average molecular weight is 478 g/mol. The second-order valence-corrected chi connectivity index (χ2v) is 7.58. The summed E-state index contributed by atoms with van der Waals surface area (Å²) < 4.78 is 2.16. The number of carbonyl (C=O) groups is 3. The SMILES string of the molecule is CCCNC(=O)C(=O)Nn1c(C(=O)Nc2ccc(Br)cc2)cc2cc(Cl)ccc21. The molecule has 1 aromatic heterocycles. The van der Waals surface area contributed by atoms with E-state index in [4.69, 9.17) is 11.6 Å². The predicted molar refractivity (Wildman–Crippen MR) is 117 cm³/mol. The van der Waals surface area contributed by atoms with Crippen LogP contribution in [0.25, 0.3) is 10.9 Å². The number of nitrogens with one attached hydrogen (secondary N) is 3. The van der Waals surface area contributed by atoms with Crippen LogP contribution in [0.5, 0.6) is 0 Å². The summed E-state index contributed by atoms with van der Waals surface area (Å²) in [4.78, 5) is 37.1. The van der Waals surface area contributed by atoms with Crippen molar-refractivity contribution in [3.63, 3.8) is 0 Å². The summed E-state index contributed by atoms with van der Waals surface area (Å²) in [6.07, 6.45) is 0.699. The maximum Gasteiger partial charge on any atom is 0.328 e. The number of halogens is 2. The molecule has 0 saturated carbocycles. The lowest BCUT2D eigenvalue weighted by Crippen LogP contribution is -2.40. The van der Waals surface area contributed by atoms with Gasteiger partial charge in [0.05, 0.1) is 5.52 Å². The third kappa shape index (κ3) is 4.96. The van der Waals surface area contributed by atoms with Crippen LogP contribution in [0.4, 0.5) is 5.69 Å². The molecule has 9 heteroatoms. The van der Waals surface area contributed by atoms with Gasteiger partial charge in [-0.1, -0.05) is 34.5 Å². The molecule has 0 spiro atoms. The molecule has 29 heavy (non-hydrogen) atoms. The van der Waals surface area contributed by atoms with Crippen molar-refractivity contribution < 1.29 is 14.4 Å². The highest BCUT2D eigenvalue weighted by Crippen LogP contribution is 2.24. The van der Waals surface area contributed by atoms with Crippen LogP contribution in [0, 0.1) is 0 Å². The first-order chi connectivity index (χ1) is 13.9. The topological polar surface area (TPSA) is 92.2 Å². The van der Waals surface area contributed by atoms with Crippen molar-refractivity contribution >= 4 is 61.8 Å². The molecule has 2 aromatic carbocycles. The smallest absolute Gasteiger partial charge is 0.328 e. The van der Waals surface area contributed by atoms with Gasteiger partial charge in [0, 0.05) is 27.1 Å². The predicted octanol–water partition coefficient (Wildman–Crippen LogP) is 3.91. The van der Waals surface area contributed by atoms with E-state index < -0.39 is 17.7 Å². The zero-order chi connectivity index (χ0) is 21.0. The standard InChI is InChI=1S/C20H18BrClN4O3/c1-2-9-23-19(28)20(29)25-26-16-8-5-14(22)10-12(16)11-17(26)18(27)24-15-6-3-13(21)4-7-15/h3-8,10-11H,2,9H2,1H3,(H,23,28)(H,24,27)(H,25,29). The Morgan fingerprint density at radius 3 is 2.45 bits per heavy atom. The molecule has 0 saturated heterocycles. The molecule has 3 aromatic rings. The Morgan fingerprint density at radius 2 is 1.76 bits per heavy atom. The highest BCUT2D eigenvalue weighted by Gasteiger charge is 2.20. The van der Waals surface area contributed by atoms with E-state index in [1.807, 2.05) is 6.92 Å². The van der Waals surface area contributed by atoms with E-state index in [1.165, 1.54) is 4.68 Å². The van der Waals surface area contributed by atoms with Crippen molar-refractivity contribution in [1.82, 2.24) is 9.99 Å². The molecule has 0 aliphatic carbocycles. The first kappa shape index (κ1) is 20.9. The van der Waals surface area contributed by atoms with E-state index in [9.17, 15) is 14.4 Å². The number of anilines is 1. The molecule has 1 heterocycles. The summed E-state index contributed by atoms with van der Waals surface area (Å²) in [6.45, 7) is 2.26. The number of nitrogens with zero attached hydrogens (tertiary/aromatic N) is 1. The number of benzene rings is 2. The van der Waals surface area contributed by atoms with E-state index in [1.54, 1.807) is 48.5 Å². The van der Waals surface area contributed by atoms with Gasteiger partial charge in [-0.25, -0.2) is 4.68 Å². The van der Waals surface area contributed by atoms with Crippen LogP contribution in [0.1, 0.15) is 23.8 Å². The van der Waals surface area contributed by atoms with Gasteiger partial charge in [0.2, 0.25) is 0 Å². The second kappa shape index (κ2) is 9.11. The van der Waals surface area contributed by atoms with Crippen LogP contribution < -0.4 is 16.1 Å². The van der Waals surface area contributed by atoms with Gasteiger partial charge in [0.25, 0.3) is 5.91 Å². The Morgan fingerprint density at radius 1 is 1.03 bits per heavy atom. The van der Waals surface area contributed by atoms with E-state index in [2.05, 4.69) is 32.0 Å². The van der Waals surface area contributed by atoms with Crippen molar-refractivity contribution in [2.45, 2.75) is 13.3 Å². The highest BCUT2D eigenvalue weighted by molar-refractivity contribution is 9.10. The highest BCUT2D eigenvalue weighted by atomic mass is 79.9. The Kier molecular flexibility index (Phi) is 6.56. The van der Waals surface area contributed by atoms with Crippen LogP contribution in [0.15, 0.2) is 53.0 Å². The molecular formula is C20H18BrClN4O3. The van der Waals surface area contributed by atoms with Crippen molar-refractivity contribution in [1.29, 1.82) is 0 Å². The Balaban J connectivity index is 1.94. The molecule has 7 nitrogen and oxygen atoms in total. The number of hydrogen-bond donors (Lipinski definition) is 3. The van der Waals surface area contributed by atoms with Crippen LogP contribution in [-0.4, -0.2) is 28.9 Å². The monoisotopic (exact) mass is 476 g/mol. The summed E-state index contributed by atoms with van der Waals surface area (Å²) >= 11 is 9.39. The fourth-order valence-corrected chi connectivity index (χ4v) is 3.12. The fraction of sp³-hybridized carbons (Fsp3) is 0.150. The molecule has 0 aliphatic rings. The summed E-state index contributed by atoms with van der Waals surface area (Å²) in [5, 5.41) is 6.41. The number of carbonyl (C=O) groups excluding carboxylic acids is 3. The molecule has 0 aliphatic heterocycles. The molecule has 0 radical (unpaired) electrons. The van der Waals surface area contributed by atoms with Crippen molar-refractivity contribution in [2.75, 3.05) is 17.3 Å². The minimum Gasteiger partial charge on any atom is -0.348 e. The zero-order valence-electron chi connectivity index (χ0n) is 15.5. The van der Waals surface area contributed by atoms with Gasteiger partial charge in [-0.3, -0.25) is 19.8 Å². The van der Waals surface area contributed by atoms with E-state index in [-0.39, 0.29) is 5.69 Å². The number of aromatic nitrogens is 1. The quantitative estimate of drug-likeness (QED) is 0.487. The fourth-order valence-electron chi connectivity index (χ4n) is 2.67. The summed E-state index contributed by atoms with van der Waals surface area (Å²) in [6, 6.07) is 13.6. The number of rotatable bonds is 5. The molecule has 150 valence electrons. The number of amides is 3. The zero-order valence-corrected chi connectivity index (χ0v) is 17.8. The maximum atomic E-state index is 12.9. The van der Waals surface area contributed by atoms with Crippen LogP contribution in [0.3, 0.4) is 0 Å². The Hall–Kier alpha value is -2.84. The molecular weight excluding hydrogens is 460 g/mol. The third-order valence-electron chi connectivity index (χ3n) is 4.05. The lowest BCUT2D eigenvalue weighted by molar-refractivity contribution is -0.136. The third-order valence-corrected chi connectivity index (χ3v) is 4.82. The van der Waals surface area contributed by atoms with E-state index in [0.29, 0.717) is 34.6 Å². The lowest BCUT2D eigenvalue weighted by Gasteiger charge is -2.12. The molecule has 0 bridgehead atoms. The molecule has 3 N–H and O–H groups in total. The van der Waals surface area contributed by atoms with Gasteiger partial charge in [0.1, 0.15) is 5.69 Å². The largest absolute Gasteiger partial charge is 0.348 e. The summed E-state index contributed by atoms with van der Waals surface area (Å²) in [5.41, 5.74) is 3.76. The van der Waals surface area contributed by atoms with Gasteiger partial charge in [-0.15, -0.1) is 0 Å². The maximum absolute atomic E-state index is 12.9. The minimum absolute atomic E-state index is 0.154. The number of fused-ring (bicyclic) bond motifs is 1. The van der Waals surface area contributed by atoms with Crippen molar-refractivity contribution in [2.24, 2.45) is 0 Å². The van der Waals surface area contributed by atoms with Crippen molar-refractivity contribution in [3.8, 4) is 0 Å². The van der Waals surface area contributed by atoms with Crippen LogP contribution in [-0.2, 0) is 9.59 Å².